The fourth-order valence-electron chi connectivity index (χ4n) is 7.26. The monoisotopic (exact) mass is 582 g/mol. The van der Waals surface area contributed by atoms with Gasteiger partial charge in [-0.2, -0.15) is 0 Å². The van der Waals surface area contributed by atoms with Gasteiger partial charge in [0.1, 0.15) is 0 Å². The van der Waals surface area contributed by atoms with Crippen molar-refractivity contribution >= 4 is 43.1 Å². The Morgan fingerprint density at radius 2 is 0.630 bits per heavy atom. The van der Waals surface area contributed by atoms with E-state index in [9.17, 15) is 0 Å². The second kappa shape index (κ2) is 10.9. The van der Waals surface area contributed by atoms with E-state index in [1.54, 1.807) is 0 Å². The molecule has 0 aromatic heterocycles. The number of fused-ring (bicyclic) bond motifs is 4. The molecule has 9 aromatic rings. The van der Waals surface area contributed by atoms with Crippen molar-refractivity contribution in [2.45, 2.75) is 0 Å². The van der Waals surface area contributed by atoms with Gasteiger partial charge in [0.05, 0.1) is 0 Å². The molecule has 0 heteroatoms. The molecule has 0 fully saturated rings. The molecule has 0 N–H and O–H groups in total. The molecule has 214 valence electrons. The average molecular weight is 583 g/mol. The smallest absolute Gasteiger partial charge is 0.00261 e. The predicted octanol–water partition coefficient (Wildman–Crippen LogP) is 13.0. The van der Waals surface area contributed by atoms with Crippen LogP contribution in [0.4, 0.5) is 0 Å². The molecule has 9 rings (SSSR count). The Kier molecular flexibility index (Phi) is 6.25. The van der Waals surface area contributed by atoms with E-state index < -0.39 is 0 Å². The van der Waals surface area contributed by atoms with Crippen LogP contribution in [0.15, 0.2) is 182 Å². The molecular weight excluding hydrogens is 553 g/mol. The summed E-state index contributed by atoms with van der Waals surface area (Å²) in [6.07, 6.45) is 0. The van der Waals surface area contributed by atoms with Gasteiger partial charge in [0.15, 0.2) is 0 Å². The number of hydrogen-bond acceptors (Lipinski definition) is 0. The standard InChI is InChI=1S/C46H30/c1-2-14-33(15-3-1)45-40-18-8-10-20-42(40)46(43-21-11-9-19-41(43)45)38-26-27-39(36-24-22-31-12-4-6-16-34(31)28-36)44(30-38)37-25-23-32-13-5-7-17-35(32)29-37/h1-30H. The molecule has 0 atom stereocenters. The molecule has 0 aliphatic heterocycles. The fourth-order valence-corrected chi connectivity index (χ4v) is 7.26. The molecule has 0 nitrogen and oxygen atoms in total. The summed E-state index contributed by atoms with van der Waals surface area (Å²) < 4.78 is 0. The zero-order valence-corrected chi connectivity index (χ0v) is 25.3. The van der Waals surface area contributed by atoms with E-state index in [1.807, 2.05) is 0 Å². The Hall–Kier alpha value is -5.98. The van der Waals surface area contributed by atoms with Crippen LogP contribution in [-0.4, -0.2) is 0 Å². The SMILES string of the molecule is c1ccc(-c2c3ccccc3c(-c3ccc(-c4ccc5ccccc5c4)c(-c4ccc5ccccc5c4)c3)c3ccccc23)cc1. The first-order valence-corrected chi connectivity index (χ1v) is 15.9. The van der Waals surface area contributed by atoms with Gasteiger partial charge in [-0.15, -0.1) is 0 Å². The van der Waals surface area contributed by atoms with Crippen LogP contribution in [0.25, 0.3) is 87.6 Å². The van der Waals surface area contributed by atoms with Gasteiger partial charge >= 0.3 is 0 Å². The zero-order chi connectivity index (χ0) is 30.5. The molecule has 0 aliphatic rings. The number of rotatable bonds is 4. The van der Waals surface area contributed by atoms with Crippen LogP contribution in [0.1, 0.15) is 0 Å². The van der Waals surface area contributed by atoms with Gasteiger partial charge in [-0.25, -0.2) is 0 Å². The van der Waals surface area contributed by atoms with Gasteiger partial charge < -0.3 is 0 Å². The second-order valence-electron chi connectivity index (χ2n) is 12.1. The van der Waals surface area contributed by atoms with Crippen molar-refractivity contribution in [2.75, 3.05) is 0 Å². The summed E-state index contributed by atoms with van der Waals surface area (Å²) in [4.78, 5) is 0. The van der Waals surface area contributed by atoms with Crippen LogP contribution in [0.3, 0.4) is 0 Å². The van der Waals surface area contributed by atoms with E-state index in [-0.39, 0.29) is 0 Å². The minimum absolute atomic E-state index is 1.22. The molecule has 0 radical (unpaired) electrons. The van der Waals surface area contributed by atoms with E-state index in [2.05, 4.69) is 182 Å². The fraction of sp³-hybridized carbons (Fsp3) is 0. The topological polar surface area (TPSA) is 0 Å². The van der Waals surface area contributed by atoms with Crippen LogP contribution in [0.5, 0.6) is 0 Å². The molecule has 46 heavy (non-hydrogen) atoms. The van der Waals surface area contributed by atoms with Gasteiger partial charge in [0, 0.05) is 0 Å². The molecule has 0 saturated heterocycles. The molecule has 0 saturated carbocycles. The molecule has 0 bridgehead atoms. The van der Waals surface area contributed by atoms with Crippen molar-refractivity contribution < 1.29 is 0 Å². The second-order valence-corrected chi connectivity index (χ2v) is 12.1. The molecule has 0 unspecified atom stereocenters. The average Bonchev–Trinajstić information content (AvgIpc) is 3.13. The predicted molar refractivity (Wildman–Crippen MR) is 198 cm³/mol. The van der Waals surface area contributed by atoms with Gasteiger partial charge in [-0.05, 0) is 106 Å². The van der Waals surface area contributed by atoms with E-state index >= 15 is 0 Å². The Bertz CT molecular complexity index is 2520. The molecule has 0 amide bonds. The summed E-state index contributed by atoms with van der Waals surface area (Å²) >= 11 is 0. The first-order chi connectivity index (χ1) is 22.8. The van der Waals surface area contributed by atoms with E-state index in [0.717, 1.165) is 0 Å². The van der Waals surface area contributed by atoms with Gasteiger partial charge in [0.25, 0.3) is 0 Å². The van der Waals surface area contributed by atoms with Crippen molar-refractivity contribution in [1.82, 2.24) is 0 Å². The zero-order valence-electron chi connectivity index (χ0n) is 25.3. The lowest BCUT2D eigenvalue weighted by atomic mass is 9.84. The van der Waals surface area contributed by atoms with Crippen LogP contribution < -0.4 is 0 Å². The summed E-state index contributed by atoms with van der Waals surface area (Å²) in [7, 11) is 0. The molecule has 0 heterocycles. The lowest BCUT2D eigenvalue weighted by molar-refractivity contribution is 1.60. The first-order valence-electron chi connectivity index (χ1n) is 15.9. The summed E-state index contributed by atoms with van der Waals surface area (Å²) in [6, 6.07) is 66.6. The summed E-state index contributed by atoms with van der Waals surface area (Å²) in [6.45, 7) is 0. The minimum atomic E-state index is 1.22. The van der Waals surface area contributed by atoms with Crippen LogP contribution >= 0.6 is 0 Å². The summed E-state index contributed by atoms with van der Waals surface area (Å²) in [5.74, 6) is 0. The number of benzene rings is 9. The van der Waals surface area contributed by atoms with Gasteiger partial charge in [-0.3, -0.25) is 0 Å². The van der Waals surface area contributed by atoms with Gasteiger partial charge in [-0.1, -0.05) is 164 Å². The summed E-state index contributed by atoms with van der Waals surface area (Å²) in [5, 5.41) is 10.1. The van der Waals surface area contributed by atoms with Crippen LogP contribution in [0.2, 0.25) is 0 Å². The lowest BCUT2D eigenvalue weighted by Crippen LogP contribution is -1.92. The quantitative estimate of drug-likeness (QED) is 0.181. The highest BCUT2D eigenvalue weighted by atomic mass is 14.2. The highest BCUT2D eigenvalue weighted by Crippen LogP contribution is 2.45. The van der Waals surface area contributed by atoms with Crippen molar-refractivity contribution in [3.05, 3.63) is 182 Å². The first kappa shape index (κ1) is 26.4. The molecule has 0 spiro atoms. The van der Waals surface area contributed by atoms with Crippen molar-refractivity contribution in [1.29, 1.82) is 0 Å². The normalized spacial score (nSPS) is 11.5. The van der Waals surface area contributed by atoms with Crippen LogP contribution in [0, 0.1) is 0 Å². The van der Waals surface area contributed by atoms with Crippen molar-refractivity contribution in [3.63, 3.8) is 0 Å². The van der Waals surface area contributed by atoms with Crippen LogP contribution in [-0.2, 0) is 0 Å². The third-order valence-electron chi connectivity index (χ3n) is 9.42. The van der Waals surface area contributed by atoms with Gasteiger partial charge in [0.2, 0.25) is 0 Å². The Balaban J connectivity index is 1.35. The minimum Gasteiger partial charge on any atom is -0.0622 e. The maximum Gasteiger partial charge on any atom is -0.00261 e. The molecular formula is C46H30. The Morgan fingerprint density at radius 3 is 1.17 bits per heavy atom. The number of hydrogen-bond donors (Lipinski definition) is 0. The van der Waals surface area contributed by atoms with Crippen molar-refractivity contribution in [3.8, 4) is 44.5 Å². The lowest BCUT2D eigenvalue weighted by Gasteiger charge is -2.19. The Labute approximate surface area is 268 Å². The maximum atomic E-state index is 2.42. The third kappa shape index (κ3) is 4.38. The molecule has 0 aliphatic carbocycles. The third-order valence-corrected chi connectivity index (χ3v) is 9.42. The molecule has 9 aromatic carbocycles. The van der Waals surface area contributed by atoms with E-state index in [4.69, 9.17) is 0 Å². The summed E-state index contributed by atoms with van der Waals surface area (Å²) in [5.41, 5.74) is 9.94. The maximum absolute atomic E-state index is 2.42. The van der Waals surface area contributed by atoms with E-state index in [1.165, 1.54) is 87.6 Å². The Morgan fingerprint density at radius 1 is 0.217 bits per heavy atom. The van der Waals surface area contributed by atoms with Crippen molar-refractivity contribution in [2.24, 2.45) is 0 Å². The highest BCUT2D eigenvalue weighted by Gasteiger charge is 2.18. The van der Waals surface area contributed by atoms with E-state index in [0.29, 0.717) is 0 Å². The largest absolute Gasteiger partial charge is 0.0622 e. The highest BCUT2D eigenvalue weighted by molar-refractivity contribution is 6.21.